The van der Waals surface area contributed by atoms with Crippen molar-refractivity contribution in [1.29, 1.82) is 5.41 Å². The SMILES string of the molecule is N=C(N)CC(O)CSc1ccccc1. The molecule has 1 aromatic carbocycles. The molecule has 1 aromatic rings. The lowest BCUT2D eigenvalue weighted by Crippen LogP contribution is -2.20. The summed E-state index contributed by atoms with van der Waals surface area (Å²) in [5.41, 5.74) is 5.18. The van der Waals surface area contributed by atoms with Crippen LogP contribution in [0.2, 0.25) is 0 Å². The monoisotopic (exact) mass is 210 g/mol. The molecule has 1 rings (SSSR count). The van der Waals surface area contributed by atoms with Crippen LogP contribution in [0.25, 0.3) is 0 Å². The molecule has 0 aromatic heterocycles. The van der Waals surface area contributed by atoms with E-state index in [9.17, 15) is 5.11 Å². The van der Waals surface area contributed by atoms with Gasteiger partial charge in [0.05, 0.1) is 11.9 Å². The summed E-state index contributed by atoms with van der Waals surface area (Å²) in [6, 6.07) is 9.85. The molecule has 76 valence electrons. The first-order valence-electron chi connectivity index (χ1n) is 4.37. The normalized spacial score (nSPS) is 12.4. The number of nitrogens with two attached hydrogens (primary N) is 1. The van der Waals surface area contributed by atoms with Crippen molar-refractivity contribution in [2.45, 2.75) is 17.4 Å². The Morgan fingerprint density at radius 2 is 2.07 bits per heavy atom. The molecule has 4 heteroatoms. The summed E-state index contributed by atoms with van der Waals surface area (Å²) in [4.78, 5) is 1.12. The smallest absolute Gasteiger partial charge is 0.0931 e. The van der Waals surface area contributed by atoms with Crippen molar-refractivity contribution in [2.75, 3.05) is 5.75 Å². The van der Waals surface area contributed by atoms with E-state index in [0.717, 1.165) is 4.90 Å². The fourth-order valence-corrected chi connectivity index (χ4v) is 1.87. The molecule has 0 aliphatic rings. The number of hydrogen-bond donors (Lipinski definition) is 3. The zero-order valence-corrected chi connectivity index (χ0v) is 8.63. The predicted octanol–water partition coefficient (Wildman–Crippen LogP) is 1.47. The maximum absolute atomic E-state index is 9.44. The summed E-state index contributed by atoms with van der Waals surface area (Å²) < 4.78 is 0. The van der Waals surface area contributed by atoms with Gasteiger partial charge >= 0.3 is 0 Å². The lowest BCUT2D eigenvalue weighted by Gasteiger charge is -2.08. The Bertz CT molecular complexity index is 289. The maximum atomic E-state index is 9.44. The van der Waals surface area contributed by atoms with Gasteiger partial charge in [0.15, 0.2) is 0 Å². The van der Waals surface area contributed by atoms with E-state index in [1.54, 1.807) is 11.8 Å². The van der Waals surface area contributed by atoms with Gasteiger partial charge in [0.1, 0.15) is 0 Å². The van der Waals surface area contributed by atoms with Crippen molar-refractivity contribution in [1.82, 2.24) is 0 Å². The second kappa shape index (κ2) is 5.67. The third-order valence-corrected chi connectivity index (χ3v) is 2.80. The summed E-state index contributed by atoms with van der Waals surface area (Å²) in [6.07, 6.45) is -0.280. The van der Waals surface area contributed by atoms with E-state index in [1.807, 2.05) is 30.3 Å². The third-order valence-electron chi connectivity index (χ3n) is 1.64. The summed E-state index contributed by atoms with van der Waals surface area (Å²) in [5.74, 6) is 0.606. The summed E-state index contributed by atoms with van der Waals surface area (Å²) >= 11 is 1.57. The van der Waals surface area contributed by atoms with Crippen molar-refractivity contribution < 1.29 is 5.11 Å². The summed E-state index contributed by atoms with van der Waals surface area (Å²) in [5, 5.41) is 16.5. The van der Waals surface area contributed by atoms with Gasteiger partial charge in [0.2, 0.25) is 0 Å². The fourth-order valence-electron chi connectivity index (χ4n) is 1.02. The molecular weight excluding hydrogens is 196 g/mol. The minimum Gasteiger partial charge on any atom is -0.392 e. The van der Waals surface area contributed by atoms with E-state index in [4.69, 9.17) is 11.1 Å². The van der Waals surface area contributed by atoms with Crippen LogP contribution in [0.5, 0.6) is 0 Å². The number of nitrogens with one attached hydrogen (secondary N) is 1. The first kappa shape index (κ1) is 11.1. The zero-order valence-electron chi connectivity index (χ0n) is 7.81. The highest BCUT2D eigenvalue weighted by atomic mass is 32.2. The van der Waals surface area contributed by atoms with E-state index >= 15 is 0 Å². The topological polar surface area (TPSA) is 70.1 Å². The van der Waals surface area contributed by atoms with Crippen LogP contribution >= 0.6 is 11.8 Å². The molecule has 0 aliphatic carbocycles. The van der Waals surface area contributed by atoms with Gasteiger partial charge in [-0.1, -0.05) is 18.2 Å². The first-order chi connectivity index (χ1) is 6.68. The number of aliphatic hydroxyl groups is 1. The molecule has 0 saturated carbocycles. The molecule has 3 nitrogen and oxygen atoms in total. The first-order valence-corrected chi connectivity index (χ1v) is 5.36. The van der Waals surface area contributed by atoms with Crippen LogP contribution in [0.15, 0.2) is 35.2 Å². The molecule has 0 radical (unpaired) electrons. The quantitative estimate of drug-likeness (QED) is 0.391. The second-order valence-corrected chi connectivity index (χ2v) is 4.10. The van der Waals surface area contributed by atoms with Gasteiger partial charge < -0.3 is 10.8 Å². The van der Waals surface area contributed by atoms with Crippen LogP contribution in [0, 0.1) is 5.41 Å². The van der Waals surface area contributed by atoms with Crippen molar-refractivity contribution in [3.8, 4) is 0 Å². The van der Waals surface area contributed by atoms with Crippen LogP contribution < -0.4 is 5.73 Å². The van der Waals surface area contributed by atoms with E-state index in [-0.39, 0.29) is 12.3 Å². The average Bonchev–Trinajstić information content (AvgIpc) is 2.15. The number of aliphatic hydroxyl groups excluding tert-OH is 1. The summed E-state index contributed by atoms with van der Waals surface area (Å²) in [7, 11) is 0. The highest BCUT2D eigenvalue weighted by molar-refractivity contribution is 7.99. The number of rotatable bonds is 5. The largest absolute Gasteiger partial charge is 0.392 e. The fraction of sp³-hybridized carbons (Fsp3) is 0.300. The van der Waals surface area contributed by atoms with Gasteiger partial charge in [-0.3, -0.25) is 5.41 Å². The van der Waals surface area contributed by atoms with Crippen molar-refractivity contribution in [3.05, 3.63) is 30.3 Å². The lowest BCUT2D eigenvalue weighted by molar-refractivity contribution is 0.207. The number of hydrogen-bond acceptors (Lipinski definition) is 3. The van der Waals surface area contributed by atoms with Crippen molar-refractivity contribution >= 4 is 17.6 Å². The van der Waals surface area contributed by atoms with E-state index in [1.165, 1.54) is 0 Å². The van der Waals surface area contributed by atoms with Crippen LogP contribution in [0.1, 0.15) is 6.42 Å². The number of benzene rings is 1. The van der Waals surface area contributed by atoms with Gasteiger partial charge in [-0.25, -0.2) is 0 Å². The van der Waals surface area contributed by atoms with E-state index in [0.29, 0.717) is 5.75 Å². The van der Waals surface area contributed by atoms with Crippen LogP contribution in [-0.4, -0.2) is 22.8 Å². The molecule has 0 saturated heterocycles. The lowest BCUT2D eigenvalue weighted by atomic mass is 10.3. The zero-order chi connectivity index (χ0) is 10.4. The highest BCUT2D eigenvalue weighted by Crippen LogP contribution is 2.18. The Balaban J connectivity index is 2.30. The Morgan fingerprint density at radius 3 is 2.64 bits per heavy atom. The number of amidine groups is 1. The molecule has 0 spiro atoms. The number of thioether (sulfide) groups is 1. The molecule has 0 amide bonds. The molecule has 0 bridgehead atoms. The third kappa shape index (κ3) is 4.30. The van der Waals surface area contributed by atoms with Crippen LogP contribution in [0.4, 0.5) is 0 Å². The molecular formula is C10H14N2OS. The molecule has 1 atom stereocenters. The molecule has 1 unspecified atom stereocenters. The Morgan fingerprint density at radius 1 is 1.43 bits per heavy atom. The predicted molar refractivity (Wildman–Crippen MR) is 59.7 cm³/mol. The average molecular weight is 210 g/mol. The van der Waals surface area contributed by atoms with Gasteiger partial charge in [0.25, 0.3) is 0 Å². The Kier molecular flexibility index (Phi) is 4.49. The minimum atomic E-state index is -0.530. The van der Waals surface area contributed by atoms with Gasteiger partial charge in [-0.05, 0) is 12.1 Å². The van der Waals surface area contributed by atoms with E-state index in [2.05, 4.69) is 0 Å². The van der Waals surface area contributed by atoms with Gasteiger partial charge in [0, 0.05) is 17.1 Å². The molecule has 0 heterocycles. The standard InChI is InChI=1S/C10H14N2OS/c11-10(12)6-8(13)7-14-9-4-2-1-3-5-9/h1-5,8,13H,6-7H2,(H3,11,12). The molecule has 14 heavy (non-hydrogen) atoms. The Hall–Kier alpha value is -1.00. The second-order valence-electron chi connectivity index (χ2n) is 3.01. The highest BCUT2D eigenvalue weighted by Gasteiger charge is 2.05. The van der Waals surface area contributed by atoms with Crippen molar-refractivity contribution in [3.63, 3.8) is 0 Å². The van der Waals surface area contributed by atoms with Crippen molar-refractivity contribution in [2.24, 2.45) is 5.73 Å². The van der Waals surface area contributed by atoms with Crippen LogP contribution in [0.3, 0.4) is 0 Å². The Labute approximate surface area is 87.8 Å². The van der Waals surface area contributed by atoms with E-state index < -0.39 is 6.10 Å². The maximum Gasteiger partial charge on any atom is 0.0931 e. The minimum absolute atomic E-state index is 0.0335. The molecule has 0 aliphatic heterocycles. The molecule has 4 N–H and O–H groups in total. The summed E-state index contributed by atoms with van der Waals surface area (Å²) in [6.45, 7) is 0. The van der Waals surface area contributed by atoms with Crippen LogP contribution in [-0.2, 0) is 0 Å². The molecule has 0 fully saturated rings. The van der Waals surface area contributed by atoms with Gasteiger partial charge in [-0.15, -0.1) is 11.8 Å². The van der Waals surface area contributed by atoms with Gasteiger partial charge in [-0.2, -0.15) is 0 Å².